The number of nitrogens with two attached hydrogens (primary N) is 1. The molecule has 1 aliphatic heterocycles. The predicted octanol–water partition coefficient (Wildman–Crippen LogP) is 3.93. The molecule has 0 radical (unpaired) electrons. The van der Waals surface area contributed by atoms with E-state index in [1.165, 1.54) is 43.4 Å². The number of pyridine rings is 1. The third-order valence-corrected chi connectivity index (χ3v) is 4.20. The summed E-state index contributed by atoms with van der Waals surface area (Å²) >= 11 is 0. The molecule has 1 saturated heterocycles. The zero-order valence-corrected chi connectivity index (χ0v) is 12.4. The standard InChI is InChI=1S/C17H23N3/c1-12(2)15-11-13-10-14(20-8-4-3-5-9-20)6-7-16(13)19-17(15)18/h6-7,10-12H,3-5,8-9H2,1-2H3,(H2,18,19). The van der Waals surface area contributed by atoms with Crippen LogP contribution >= 0.6 is 0 Å². The Morgan fingerprint density at radius 1 is 1.10 bits per heavy atom. The van der Waals surface area contributed by atoms with E-state index < -0.39 is 0 Å². The average molecular weight is 269 g/mol. The van der Waals surface area contributed by atoms with Gasteiger partial charge in [-0.2, -0.15) is 0 Å². The Morgan fingerprint density at radius 2 is 1.85 bits per heavy atom. The van der Waals surface area contributed by atoms with E-state index in [0.29, 0.717) is 11.7 Å². The number of anilines is 2. The minimum Gasteiger partial charge on any atom is -0.383 e. The largest absolute Gasteiger partial charge is 0.383 e. The Kier molecular flexibility index (Phi) is 3.51. The maximum absolute atomic E-state index is 6.05. The van der Waals surface area contributed by atoms with E-state index in [2.05, 4.69) is 48.0 Å². The summed E-state index contributed by atoms with van der Waals surface area (Å²) in [5, 5.41) is 1.20. The van der Waals surface area contributed by atoms with E-state index in [0.717, 1.165) is 11.1 Å². The lowest BCUT2D eigenvalue weighted by atomic mass is 10.0. The molecule has 0 atom stereocenters. The highest BCUT2D eigenvalue weighted by Crippen LogP contribution is 2.28. The summed E-state index contributed by atoms with van der Waals surface area (Å²) in [5.41, 5.74) is 9.50. The number of rotatable bonds is 2. The molecule has 1 fully saturated rings. The zero-order valence-electron chi connectivity index (χ0n) is 12.4. The van der Waals surface area contributed by atoms with E-state index in [1.54, 1.807) is 0 Å². The topological polar surface area (TPSA) is 42.2 Å². The highest BCUT2D eigenvalue weighted by atomic mass is 15.1. The molecule has 1 aromatic carbocycles. The molecule has 106 valence electrons. The van der Waals surface area contributed by atoms with Crippen molar-refractivity contribution >= 4 is 22.4 Å². The van der Waals surface area contributed by atoms with Gasteiger partial charge in [0.1, 0.15) is 5.82 Å². The minimum absolute atomic E-state index is 0.408. The van der Waals surface area contributed by atoms with Gasteiger partial charge in [-0.25, -0.2) is 4.98 Å². The molecule has 2 aromatic rings. The summed E-state index contributed by atoms with van der Waals surface area (Å²) in [7, 11) is 0. The van der Waals surface area contributed by atoms with Crippen LogP contribution in [0, 0.1) is 0 Å². The molecule has 2 heterocycles. The lowest BCUT2D eigenvalue weighted by Gasteiger charge is -2.29. The van der Waals surface area contributed by atoms with Crippen LogP contribution in [0.5, 0.6) is 0 Å². The van der Waals surface area contributed by atoms with E-state index in [9.17, 15) is 0 Å². The Hall–Kier alpha value is -1.77. The van der Waals surface area contributed by atoms with Gasteiger partial charge in [-0.3, -0.25) is 0 Å². The number of piperidine rings is 1. The third kappa shape index (κ3) is 2.45. The Labute approximate surface area is 120 Å². The summed E-state index contributed by atoms with van der Waals surface area (Å²) in [6.45, 7) is 6.66. The van der Waals surface area contributed by atoms with Crippen LogP contribution in [0.25, 0.3) is 10.9 Å². The van der Waals surface area contributed by atoms with Crippen molar-refractivity contribution < 1.29 is 0 Å². The van der Waals surface area contributed by atoms with Crippen LogP contribution in [0.15, 0.2) is 24.3 Å². The number of fused-ring (bicyclic) bond motifs is 1. The zero-order chi connectivity index (χ0) is 14.1. The summed E-state index contributed by atoms with van der Waals surface area (Å²) in [5.74, 6) is 1.07. The van der Waals surface area contributed by atoms with E-state index >= 15 is 0 Å². The van der Waals surface area contributed by atoms with Gasteiger partial charge in [0.15, 0.2) is 0 Å². The van der Waals surface area contributed by atoms with Crippen molar-refractivity contribution in [3.63, 3.8) is 0 Å². The Bertz CT molecular complexity index is 613. The van der Waals surface area contributed by atoms with Crippen molar-refractivity contribution in [1.82, 2.24) is 4.98 Å². The number of nitrogens with zero attached hydrogens (tertiary/aromatic N) is 2. The Balaban J connectivity index is 2.02. The molecule has 0 amide bonds. The number of hydrogen-bond donors (Lipinski definition) is 1. The first-order chi connectivity index (χ1) is 9.65. The maximum atomic E-state index is 6.05. The molecule has 3 rings (SSSR count). The molecule has 0 saturated carbocycles. The quantitative estimate of drug-likeness (QED) is 0.898. The van der Waals surface area contributed by atoms with Gasteiger partial charge in [-0.15, -0.1) is 0 Å². The molecule has 1 aliphatic rings. The van der Waals surface area contributed by atoms with Crippen LogP contribution in [-0.4, -0.2) is 18.1 Å². The number of hydrogen-bond acceptors (Lipinski definition) is 3. The molecule has 1 aromatic heterocycles. The van der Waals surface area contributed by atoms with Crippen molar-refractivity contribution in [3.8, 4) is 0 Å². The number of aromatic nitrogens is 1. The van der Waals surface area contributed by atoms with E-state index in [1.807, 2.05) is 0 Å². The van der Waals surface area contributed by atoms with Crippen molar-refractivity contribution in [2.45, 2.75) is 39.0 Å². The van der Waals surface area contributed by atoms with Crippen LogP contribution in [-0.2, 0) is 0 Å². The first-order valence-electron chi connectivity index (χ1n) is 7.60. The second kappa shape index (κ2) is 5.31. The molecule has 0 aliphatic carbocycles. The molecule has 0 spiro atoms. The maximum Gasteiger partial charge on any atom is 0.127 e. The third-order valence-electron chi connectivity index (χ3n) is 4.20. The van der Waals surface area contributed by atoms with Gasteiger partial charge >= 0.3 is 0 Å². The van der Waals surface area contributed by atoms with Gasteiger partial charge in [0.2, 0.25) is 0 Å². The second-order valence-corrected chi connectivity index (χ2v) is 6.04. The average Bonchev–Trinajstić information content (AvgIpc) is 2.47. The van der Waals surface area contributed by atoms with Crippen LogP contribution in [0.3, 0.4) is 0 Å². The lowest BCUT2D eigenvalue weighted by Crippen LogP contribution is -2.29. The van der Waals surface area contributed by atoms with Crippen molar-refractivity contribution in [1.29, 1.82) is 0 Å². The molecular formula is C17H23N3. The molecule has 3 nitrogen and oxygen atoms in total. The van der Waals surface area contributed by atoms with Gasteiger partial charge in [0.25, 0.3) is 0 Å². The smallest absolute Gasteiger partial charge is 0.127 e. The molecule has 3 heteroatoms. The lowest BCUT2D eigenvalue weighted by molar-refractivity contribution is 0.578. The molecule has 20 heavy (non-hydrogen) atoms. The highest BCUT2D eigenvalue weighted by molar-refractivity contribution is 5.85. The van der Waals surface area contributed by atoms with Crippen LogP contribution in [0.1, 0.15) is 44.6 Å². The SMILES string of the molecule is CC(C)c1cc2cc(N3CCCCC3)ccc2nc1N. The molecule has 0 bridgehead atoms. The van der Waals surface area contributed by atoms with Crippen molar-refractivity contribution in [3.05, 3.63) is 29.8 Å². The minimum atomic E-state index is 0.408. The molecule has 2 N–H and O–H groups in total. The Morgan fingerprint density at radius 3 is 2.55 bits per heavy atom. The number of benzene rings is 1. The van der Waals surface area contributed by atoms with Crippen molar-refractivity contribution in [2.75, 3.05) is 23.7 Å². The normalized spacial score (nSPS) is 16.1. The van der Waals surface area contributed by atoms with Crippen LogP contribution in [0.2, 0.25) is 0 Å². The number of nitrogen functional groups attached to an aromatic ring is 1. The van der Waals surface area contributed by atoms with Gasteiger partial charge in [0.05, 0.1) is 5.52 Å². The second-order valence-electron chi connectivity index (χ2n) is 6.04. The molecule has 0 unspecified atom stereocenters. The molecular weight excluding hydrogens is 246 g/mol. The van der Waals surface area contributed by atoms with E-state index in [4.69, 9.17) is 5.73 Å². The highest BCUT2D eigenvalue weighted by Gasteiger charge is 2.13. The van der Waals surface area contributed by atoms with Gasteiger partial charge in [-0.1, -0.05) is 13.8 Å². The van der Waals surface area contributed by atoms with Gasteiger partial charge in [0, 0.05) is 24.2 Å². The summed E-state index contributed by atoms with van der Waals surface area (Å²) < 4.78 is 0. The van der Waals surface area contributed by atoms with Gasteiger partial charge < -0.3 is 10.6 Å². The fourth-order valence-electron chi connectivity index (χ4n) is 3.01. The summed E-state index contributed by atoms with van der Waals surface area (Å²) in [4.78, 5) is 7.02. The van der Waals surface area contributed by atoms with Gasteiger partial charge in [-0.05, 0) is 55.0 Å². The first kappa shape index (κ1) is 13.2. The van der Waals surface area contributed by atoms with Crippen molar-refractivity contribution in [2.24, 2.45) is 0 Å². The predicted molar refractivity (Wildman–Crippen MR) is 86.3 cm³/mol. The van der Waals surface area contributed by atoms with Crippen LogP contribution in [0.4, 0.5) is 11.5 Å². The summed E-state index contributed by atoms with van der Waals surface area (Å²) in [6, 6.07) is 8.74. The fraction of sp³-hybridized carbons (Fsp3) is 0.471. The van der Waals surface area contributed by atoms with E-state index in [-0.39, 0.29) is 0 Å². The first-order valence-corrected chi connectivity index (χ1v) is 7.60. The fourth-order valence-corrected chi connectivity index (χ4v) is 3.01. The monoisotopic (exact) mass is 269 g/mol. The van der Waals surface area contributed by atoms with Crippen LogP contribution < -0.4 is 10.6 Å². The summed E-state index contributed by atoms with van der Waals surface area (Å²) in [6.07, 6.45) is 3.96.